The van der Waals surface area contributed by atoms with Crippen LogP contribution in [0.5, 0.6) is 0 Å². The van der Waals surface area contributed by atoms with E-state index in [-0.39, 0.29) is 17.1 Å². The topological polar surface area (TPSA) is 52.2 Å². The minimum Gasteiger partial charge on any atom is -0.337 e. The molecule has 1 aromatic heterocycles. The van der Waals surface area contributed by atoms with Crippen LogP contribution in [-0.2, 0) is 6.54 Å². The van der Waals surface area contributed by atoms with Crippen LogP contribution < -0.4 is 0 Å². The third-order valence-electron chi connectivity index (χ3n) is 6.22. The number of aromatic amines is 1. The number of nitrogens with one attached hydrogen (secondary N) is 1. The smallest absolute Gasteiger partial charge is 0.274 e. The Balaban J connectivity index is 1.40. The summed E-state index contributed by atoms with van der Waals surface area (Å²) in [6, 6.07) is 8.68. The number of aromatic nitrogens is 2. The largest absolute Gasteiger partial charge is 0.337 e. The Kier molecular flexibility index (Phi) is 5.23. The van der Waals surface area contributed by atoms with Crippen LogP contribution in [0.1, 0.15) is 60.8 Å². The fourth-order valence-electron chi connectivity index (χ4n) is 4.64. The Hall–Kier alpha value is -2.21. The van der Waals surface area contributed by atoms with Crippen molar-refractivity contribution in [1.29, 1.82) is 0 Å². The highest BCUT2D eigenvalue weighted by molar-refractivity contribution is 5.92. The molecule has 1 atom stereocenters. The lowest BCUT2D eigenvalue weighted by Gasteiger charge is -2.40. The average Bonchev–Trinajstić information content (AvgIpc) is 3.31. The number of hydrogen-bond acceptors (Lipinski definition) is 3. The fraction of sp³-hybridized carbons (Fsp3) is 0.545. The van der Waals surface area contributed by atoms with E-state index >= 15 is 0 Å². The van der Waals surface area contributed by atoms with Gasteiger partial charge in [-0.15, -0.1) is 0 Å². The van der Waals surface area contributed by atoms with Gasteiger partial charge in [0.05, 0.1) is 0 Å². The van der Waals surface area contributed by atoms with Crippen LogP contribution in [0.15, 0.2) is 30.3 Å². The highest BCUT2D eigenvalue weighted by Gasteiger charge is 2.43. The first-order valence-electron chi connectivity index (χ1n) is 10.3. The number of likely N-dealkylation sites (tertiary alicyclic amines) is 2. The number of amides is 1. The minimum atomic E-state index is -0.192. The molecule has 6 heteroatoms. The highest BCUT2D eigenvalue weighted by Crippen LogP contribution is 2.39. The summed E-state index contributed by atoms with van der Waals surface area (Å²) in [5.74, 6) is 0.177. The first-order chi connectivity index (χ1) is 13.4. The molecule has 150 valence electrons. The first kappa shape index (κ1) is 19.1. The predicted molar refractivity (Wildman–Crippen MR) is 107 cm³/mol. The van der Waals surface area contributed by atoms with Crippen molar-refractivity contribution in [3.63, 3.8) is 0 Å². The van der Waals surface area contributed by atoms with E-state index in [4.69, 9.17) is 0 Å². The van der Waals surface area contributed by atoms with Crippen molar-refractivity contribution in [3.8, 4) is 0 Å². The molecule has 0 saturated carbocycles. The Bertz CT molecular complexity index is 831. The van der Waals surface area contributed by atoms with Crippen molar-refractivity contribution in [3.05, 3.63) is 53.1 Å². The van der Waals surface area contributed by atoms with E-state index in [1.54, 1.807) is 0 Å². The number of hydrogen-bond donors (Lipinski definition) is 1. The van der Waals surface area contributed by atoms with Crippen molar-refractivity contribution in [2.24, 2.45) is 5.41 Å². The van der Waals surface area contributed by atoms with Crippen LogP contribution in [0, 0.1) is 11.2 Å². The highest BCUT2D eigenvalue weighted by atomic mass is 19.1. The van der Waals surface area contributed by atoms with E-state index in [9.17, 15) is 9.18 Å². The standard InChI is InChI=1S/C22H29FN4O/c1-16(2)19-12-20(25-24-19)21(28)27-11-9-22(15-27)8-3-10-26(14-22)13-17-4-6-18(23)7-5-17/h4-7,12,16H,3,8-11,13-15H2,1-2H3,(H,24,25). The Morgan fingerprint density at radius 2 is 2.00 bits per heavy atom. The number of carbonyl (C=O) groups excluding carboxylic acids is 1. The molecule has 1 N–H and O–H groups in total. The maximum Gasteiger partial charge on any atom is 0.274 e. The van der Waals surface area contributed by atoms with Gasteiger partial charge in [0.2, 0.25) is 0 Å². The number of carbonyl (C=O) groups is 1. The molecule has 2 aromatic rings. The second kappa shape index (κ2) is 7.66. The number of nitrogens with zero attached hydrogens (tertiary/aromatic N) is 3. The third kappa shape index (κ3) is 3.97. The van der Waals surface area contributed by atoms with Crippen LogP contribution in [0.2, 0.25) is 0 Å². The second-order valence-electron chi connectivity index (χ2n) is 8.78. The first-order valence-corrected chi connectivity index (χ1v) is 10.3. The van der Waals surface area contributed by atoms with Crippen molar-refractivity contribution in [2.75, 3.05) is 26.2 Å². The molecule has 2 aliphatic heterocycles. The van der Waals surface area contributed by atoms with Gasteiger partial charge >= 0.3 is 0 Å². The van der Waals surface area contributed by atoms with Crippen LogP contribution in [0.25, 0.3) is 0 Å². The summed E-state index contributed by atoms with van der Waals surface area (Å²) in [5, 5.41) is 7.22. The van der Waals surface area contributed by atoms with E-state index in [1.807, 2.05) is 23.1 Å². The van der Waals surface area contributed by atoms with Gasteiger partial charge in [-0.25, -0.2) is 4.39 Å². The van der Waals surface area contributed by atoms with Gasteiger partial charge in [0, 0.05) is 37.3 Å². The lowest BCUT2D eigenvalue weighted by Crippen LogP contribution is -2.45. The minimum absolute atomic E-state index is 0.0377. The van der Waals surface area contributed by atoms with Crippen molar-refractivity contribution < 1.29 is 9.18 Å². The molecule has 0 aliphatic carbocycles. The molecule has 3 heterocycles. The lowest BCUT2D eigenvalue weighted by molar-refractivity contribution is 0.0671. The molecular weight excluding hydrogens is 355 g/mol. The fourth-order valence-corrected chi connectivity index (χ4v) is 4.64. The van der Waals surface area contributed by atoms with Crippen molar-refractivity contribution in [2.45, 2.75) is 45.6 Å². The van der Waals surface area contributed by atoms with Crippen LogP contribution in [-0.4, -0.2) is 52.1 Å². The van der Waals surface area contributed by atoms with E-state index in [0.717, 1.165) is 63.2 Å². The Morgan fingerprint density at radius 3 is 2.71 bits per heavy atom. The molecule has 2 aliphatic rings. The number of H-pyrrole nitrogens is 1. The van der Waals surface area contributed by atoms with Crippen molar-refractivity contribution >= 4 is 5.91 Å². The maximum absolute atomic E-state index is 13.2. The molecule has 1 spiro atoms. The second-order valence-corrected chi connectivity index (χ2v) is 8.78. The van der Waals surface area contributed by atoms with E-state index < -0.39 is 0 Å². The number of halogens is 1. The van der Waals surface area contributed by atoms with Gasteiger partial charge in [-0.05, 0) is 55.5 Å². The molecule has 0 radical (unpaired) electrons. The maximum atomic E-state index is 13.2. The zero-order valence-corrected chi connectivity index (χ0v) is 16.7. The number of benzene rings is 1. The summed E-state index contributed by atoms with van der Waals surface area (Å²) in [5.41, 5.74) is 2.84. The monoisotopic (exact) mass is 384 g/mol. The molecule has 1 aromatic carbocycles. The Morgan fingerprint density at radius 1 is 1.21 bits per heavy atom. The summed E-state index contributed by atoms with van der Waals surface area (Å²) in [6.45, 7) is 8.67. The van der Waals surface area contributed by atoms with Gasteiger partial charge in [-0.3, -0.25) is 14.8 Å². The zero-order chi connectivity index (χ0) is 19.7. The van der Waals surface area contributed by atoms with Crippen molar-refractivity contribution in [1.82, 2.24) is 20.0 Å². The Labute approximate surface area is 165 Å². The summed E-state index contributed by atoms with van der Waals surface area (Å²) < 4.78 is 13.2. The summed E-state index contributed by atoms with van der Waals surface area (Å²) in [6.07, 6.45) is 3.34. The summed E-state index contributed by atoms with van der Waals surface area (Å²) in [7, 11) is 0. The third-order valence-corrected chi connectivity index (χ3v) is 6.22. The average molecular weight is 384 g/mol. The SMILES string of the molecule is CC(C)c1cc(C(=O)N2CCC3(CCCN(Cc4ccc(F)cc4)C3)C2)n[nH]1. The molecule has 5 nitrogen and oxygen atoms in total. The molecule has 2 saturated heterocycles. The van der Waals surface area contributed by atoms with Gasteiger partial charge in [-0.1, -0.05) is 26.0 Å². The van der Waals surface area contributed by atoms with Crippen LogP contribution in [0.3, 0.4) is 0 Å². The van der Waals surface area contributed by atoms with Crippen LogP contribution >= 0.6 is 0 Å². The number of piperidine rings is 1. The van der Waals surface area contributed by atoms with E-state index in [2.05, 4.69) is 28.9 Å². The summed E-state index contributed by atoms with van der Waals surface area (Å²) in [4.78, 5) is 17.3. The van der Waals surface area contributed by atoms with Gasteiger partial charge in [-0.2, -0.15) is 5.10 Å². The molecule has 0 bridgehead atoms. The molecule has 28 heavy (non-hydrogen) atoms. The van der Waals surface area contributed by atoms with E-state index in [0.29, 0.717) is 11.6 Å². The molecule has 4 rings (SSSR count). The molecule has 1 amide bonds. The normalized spacial score (nSPS) is 23.1. The predicted octanol–water partition coefficient (Wildman–Crippen LogP) is 3.80. The molecule has 1 unspecified atom stereocenters. The lowest BCUT2D eigenvalue weighted by atomic mass is 9.79. The molecular formula is C22H29FN4O. The van der Waals surface area contributed by atoms with E-state index in [1.165, 1.54) is 12.1 Å². The van der Waals surface area contributed by atoms with Crippen LogP contribution in [0.4, 0.5) is 4.39 Å². The van der Waals surface area contributed by atoms with Gasteiger partial charge in [0.15, 0.2) is 0 Å². The van der Waals surface area contributed by atoms with Gasteiger partial charge < -0.3 is 4.90 Å². The quantitative estimate of drug-likeness (QED) is 0.872. The zero-order valence-electron chi connectivity index (χ0n) is 16.7. The number of rotatable bonds is 4. The molecule has 2 fully saturated rings. The van der Waals surface area contributed by atoms with Gasteiger partial charge in [0.25, 0.3) is 5.91 Å². The van der Waals surface area contributed by atoms with Gasteiger partial charge in [0.1, 0.15) is 11.5 Å². The summed E-state index contributed by atoms with van der Waals surface area (Å²) >= 11 is 0.